The Labute approximate surface area is 136 Å². The van der Waals surface area contributed by atoms with Crippen LogP contribution in [0.1, 0.15) is 34.1 Å². The van der Waals surface area contributed by atoms with E-state index in [0.717, 1.165) is 0 Å². The average molecular weight is 357 g/mol. The second kappa shape index (κ2) is 9.96. The van der Waals surface area contributed by atoms with E-state index >= 15 is 0 Å². The first kappa shape index (κ1) is 24.2. The molecule has 0 aliphatic heterocycles. The molecule has 0 aromatic rings. The van der Waals surface area contributed by atoms with Gasteiger partial charge in [0.2, 0.25) is 0 Å². The number of carboxylic acid groups (broad SMARTS) is 1. The number of nitrogens with zero attached hydrogens (tertiary/aromatic N) is 1. The largest absolute Gasteiger partial charge is 0.545 e. The Bertz CT molecular complexity index is 474. The highest BCUT2D eigenvalue weighted by atomic mass is 32.2. The molecule has 0 aliphatic carbocycles. The van der Waals surface area contributed by atoms with E-state index in [1.54, 1.807) is 27.8 Å². The first-order valence-corrected chi connectivity index (χ1v) is 8.50. The maximum atomic E-state index is 10.1. The van der Waals surface area contributed by atoms with Crippen molar-refractivity contribution in [3.63, 3.8) is 0 Å². The van der Waals surface area contributed by atoms with Gasteiger partial charge in [-0.15, -0.1) is 0 Å². The molecule has 0 bridgehead atoms. The second-order valence-corrected chi connectivity index (χ2v) is 6.94. The van der Waals surface area contributed by atoms with Crippen LogP contribution in [0.2, 0.25) is 0 Å². The van der Waals surface area contributed by atoms with E-state index in [0.29, 0.717) is 0 Å². The Morgan fingerprint density at radius 3 is 1.65 bits per heavy atom. The van der Waals surface area contributed by atoms with Crippen molar-refractivity contribution >= 4 is 16.1 Å². The molecule has 9 nitrogen and oxygen atoms in total. The molecule has 23 heavy (non-hydrogen) atoms. The molecule has 10 heteroatoms. The third-order valence-corrected chi connectivity index (χ3v) is 4.32. The summed E-state index contributed by atoms with van der Waals surface area (Å²) in [6, 6.07) is 0. The molecule has 138 valence electrons. The molecular weight excluding hydrogens is 330 g/mol. The van der Waals surface area contributed by atoms with E-state index in [-0.39, 0.29) is 16.5 Å². The van der Waals surface area contributed by atoms with Crippen LogP contribution < -0.4 is 5.11 Å². The first-order valence-electron chi connectivity index (χ1n) is 6.89. The van der Waals surface area contributed by atoms with Crippen molar-refractivity contribution in [3.05, 3.63) is 11.6 Å². The van der Waals surface area contributed by atoms with Crippen molar-refractivity contribution in [2.45, 2.75) is 52.8 Å². The Balaban J connectivity index is 0. The molecule has 0 aromatic carbocycles. The molecular formula is C13H27NO8S. The number of hydrogen-bond acceptors (Lipinski definition) is 7. The molecule has 0 radical (unpaired) electrons. The van der Waals surface area contributed by atoms with Gasteiger partial charge in [-0.05, 0) is 18.9 Å². The summed E-state index contributed by atoms with van der Waals surface area (Å²) in [5.41, 5.74) is -0.0429. The number of quaternary nitrogens is 1. The van der Waals surface area contributed by atoms with Gasteiger partial charge < -0.3 is 25.2 Å². The van der Waals surface area contributed by atoms with Crippen molar-refractivity contribution in [2.75, 3.05) is 12.8 Å². The number of carbonyl (C=O) groups excluding carboxylic acids is 1. The molecule has 4 N–H and O–H groups in total. The number of aliphatic carboxylic acids is 1. The predicted octanol–water partition coefficient (Wildman–Crippen LogP) is -1.59. The zero-order valence-electron chi connectivity index (χ0n) is 14.0. The Kier molecular flexibility index (Phi) is 10.5. The number of aliphatic hydroxyl groups excluding tert-OH is 3. The lowest BCUT2D eigenvalue weighted by atomic mass is 10.2. The van der Waals surface area contributed by atoms with Gasteiger partial charge in [0.25, 0.3) is 10.1 Å². The summed E-state index contributed by atoms with van der Waals surface area (Å²) >= 11 is 0. The number of carboxylic acids is 1. The monoisotopic (exact) mass is 357 g/mol. The van der Waals surface area contributed by atoms with Crippen molar-refractivity contribution < 1.29 is 42.7 Å². The van der Waals surface area contributed by atoms with Gasteiger partial charge in [0.15, 0.2) is 18.7 Å². The fraction of sp³-hybridized carbons (Fsp3) is 0.769. The van der Waals surface area contributed by atoms with Crippen LogP contribution in [0.3, 0.4) is 0 Å². The normalized spacial score (nSPS) is 18.9. The minimum absolute atomic E-state index is 0.0291. The fourth-order valence-electron chi connectivity index (χ4n) is 1.44. The summed E-state index contributed by atoms with van der Waals surface area (Å²) in [4.78, 5) is 10.1. The van der Waals surface area contributed by atoms with E-state index in [1.165, 1.54) is 13.0 Å². The van der Waals surface area contributed by atoms with Gasteiger partial charge in [0.05, 0.1) is 18.8 Å². The van der Waals surface area contributed by atoms with Crippen molar-refractivity contribution in [1.82, 2.24) is 0 Å². The summed E-state index contributed by atoms with van der Waals surface area (Å²) < 4.78 is 28.4. The van der Waals surface area contributed by atoms with Gasteiger partial charge in [0, 0.05) is 20.8 Å². The van der Waals surface area contributed by atoms with Crippen LogP contribution in [0, 0.1) is 0 Å². The number of hydrogen-bond donors (Lipinski definition) is 4. The minimum Gasteiger partial charge on any atom is -0.545 e. The minimum atomic E-state index is -4.00. The Morgan fingerprint density at radius 1 is 1.13 bits per heavy atom. The van der Waals surface area contributed by atoms with Gasteiger partial charge >= 0.3 is 0 Å². The molecule has 3 atom stereocenters. The Morgan fingerprint density at radius 2 is 1.48 bits per heavy atom. The van der Waals surface area contributed by atoms with Crippen LogP contribution in [0.25, 0.3) is 0 Å². The zero-order chi connectivity index (χ0) is 19.0. The molecule has 3 unspecified atom stereocenters. The van der Waals surface area contributed by atoms with E-state index in [4.69, 9.17) is 4.55 Å². The van der Waals surface area contributed by atoms with E-state index in [9.17, 15) is 33.6 Å². The van der Waals surface area contributed by atoms with Gasteiger partial charge in [-0.2, -0.15) is 8.42 Å². The van der Waals surface area contributed by atoms with Crippen LogP contribution in [0.15, 0.2) is 11.6 Å². The Hall–Kier alpha value is -1.04. The maximum absolute atomic E-state index is 10.1. The van der Waals surface area contributed by atoms with Gasteiger partial charge in [-0.1, -0.05) is 6.08 Å². The summed E-state index contributed by atoms with van der Waals surface area (Å²) in [7, 11) is -2.41. The molecule has 0 saturated carbocycles. The maximum Gasteiger partial charge on any atom is 0.265 e. The number of carbonyl (C=O) groups is 1. The lowest BCUT2D eigenvalue weighted by Gasteiger charge is -2.41. The summed E-state index contributed by atoms with van der Waals surface area (Å²) in [5.74, 6) is -1.82. The first-order chi connectivity index (χ1) is 10.2. The summed E-state index contributed by atoms with van der Waals surface area (Å²) in [6.07, 6.45) is -1.19. The van der Waals surface area contributed by atoms with Gasteiger partial charge in [-0.25, -0.2) is 0 Å². The molecule has 0 spiro atoms. The average Bonchev–Trinajstić information content (AvgIpc) is 2.35. The standard InChI is InChI=1S/C7H18NO3.C6H10O5S/c1-5(9)8(4,6(2)10)7(3)11;1-5(6(7)8)3-2-4-12(9,10)11/h5-7,9-11H,1-4H3;3H,2,4H2,1H3,(H,7,8)(H,9,10,11)/q+1;/p-1. The predicted molar refractivity (Wildman–Crippen MR) is 81.0 cm³/mol. The van der Waals surface area contributed by atoms with Gasteiger partial charge in [0.1, 0.15) is 0 Å². The third-order valence-electron chi connectivity index (χ3n) is 3.56. The quantitative estimate of drug-likeness (QED) is 0.184. The lowest BCUT2D eigenvalue weighted by Crippen LogP contribution is -2.61. The highest BCUT2D eigenvalue weighted by Gasteiger charge is 2.37. The van der Waals surface area contributed by atoms with E-state index < -0.39 is 40.5 Å². The van der Waals surface area contributed by atoms with E-state index in [2.05, 4.69) is 0 Å². The number of rotatable bonds is 7. The molecule has 0 saturated heterocycles. The van der Waals surface area contributed by atoms with Crippen molar-refractivity contribution in [2.24, 2.45) is 0 Å². The van der Waals surface area contributed by atoms with Crippen LogP contribution in [-0.2, 0) is 14.9 Å². The molecule has 0 rings (SSSR count). The highest BCUT2D eigenvalue weighted by Crippen LogP contribution is 2.16. The fourth-order valence-corrected chi connectivity index (χ4v) is 1.86. The summed E-state index contributed by atoms with van der Waals surface area (Å²) in [6.45, 7) is 5.91. The third kappa shape index (κ3) is 9.64. The molecule has 0 aliphatic rings. The topological polar surface area (TPSA) is 155 Å². The second-order valence-electron chi connectivity index (χ2n) is 5.37. The van der Waals surface area contributed by atoms with Gasteiger partial charge in [-0.3, -0.25) is 9.04 Å². The highest BCUT2D eigenvalue weighted by molar-refractivity contribution is 7.85. The molecule has 0 amide bonds. The number of aliphatic hydroxyl groups is 3. The number of allylic oxidation sites excluding steroid dienone is 1. The summed E-state index contributed by atoms with van der Waals surface area (Å²) in [5, 5.41) is 37.9. The van der Waals surface area contributed by atoms with Crippen molar-refractivity contribution in [1.29, 1.82) is 0 Å². The molecule has 0 fully saturated rings. The zero-order valence-corrected chi connectivity index (χ0v) is 14.8. The van der Waals surface area contributed by atoms with Crippen molar-refractivity contribution in [3.8, 4) is 0 Å². The SMILES string of the molecule is CC(=CCCS(=O)(=O)O)C(=O)[O-].CC(O)[N+](C)(C(C)O)C(C)O. The smallest absolute Gasteiger partial charge is 0.265 e. The van der Waals surface area contributed by atoms with Crippen LogP contribution >= 0.6 is 0 Å². The lowest BCUT2D eigenvalue weighted by molar-refractivity contribution is -1.03. The molecule has 0 aromatic heterocycles. The van der Waals surface area contributed by atoms with Crippen LogP contribution in [0.4, 0.5) is 0 Å². The molecule has 0 heterocycles. The van der Waals surface area contributed by atoms with Crippen LogP contribution in [0.5, 0.6) is 0 Å². The van der Waals surface area contributed by atoms with E-state index in [1.807, 2.05) is 0 Å². The van der Waals surface area contributed by atoms with Crippen LogP contribution in [-0.4, -0.2) is 70.2 Å².